The van der Waals surface area contributed by atoms with Crippen molar-refractivity contribution in [3.63, 3.8) is 0 Å². The smallest absolute Gasteiger partial charge is 0.141 e. The molecule has 0 unspecified atom stereocenters. The number of para-hydroxylation sites is 1. The summed E-state index contributed by atoms with van der Waals surface area (Å²) in [6, 6.07) is 7.30. The Kier molecular flexibility index (Phi) is 2.00. The van der Waals surface area contributed by atoms with Crippen molar-refractivity contribution in [1.82, 2.24) is 4.98 Å². The Hall–Kier alpha value is -1.77. The van der Waals surface area contributed by atoms with Gasteiger partial charge in [0, 0.05) is 5.39 Å². The van der Waals surface area contributed by atoms with Gasteiger partial charge in [0.1, 0.15) is 17.1 Å². The van der Waals surface area contributed by atoms with Crippen LogP contribution in [0, 0.1) is 0 Å². The van der Waals surface area contributed by atoms with E-state index in [0.29, 0.717) is 11.3 Å². The minimum atomic E-state index is 0.178. The molecule has 0 aliphatic carbocycles. The number of aromatic hydroxyl groups is 1. The number of nitrogens with zero attached hydrogens (tertiary/aromatic N) is 1. The van der Waals surface area contributed by atoms with Crippen molar-refractivity contribution in [2.24, 2.45) is 0 Å². The number of aromatic nitrogens is 1. The zero-order valence-electron chi connectivity index (χ0n) is 7.99. The molecule has 0 atom stereocenters. The molecule has 2 aromatic rings. The average Bonchev–Trinajstić information content (AvgIpc) is 2.19. The third kappa shape index (κ3) is 1.27. The summed E-state index contributed by atoms with van der Waals surface area (Å²) in [5, 5.41) is 10.5. The average molecular weight is 188 g/mol. The highest BCUT2D eigenvalue weighted by Crippen LogP contribution is 2.25. The fourth-order valence-electron chi connectivity index (χ4n) is 1.52. The molecule has 1 aromatic heterocycles. The van der Waals surface area contributed by atoms with Crippen molar-refractivity contribution >= 4 is 16.7 Å². The van der Waals surface area contributed by atoms with Gasteiger partial charge in [0.2, 0.25) is 0 Å². The summed E-state index contributed by atoms with van der Waals surface area (Å²) >= 11 is 0. The quantitative estimate of drug-likeness (QED) is 0.720. The van der Waals surface area contributed by atoms with E-state index in [1.54, 1.807) is 12.1 Å². The number of phenolic OH excluding ortho intramolecular Hbond substituents is 1. The monoisotopic (exact) mass is 188 g/mol. The highest BCUT2D eigenvalue weighted by Gasteiger charge is 2.04. The first-order chi connectivity index (χ1) is 6.72. The van der Waals surface area contributed by atoms with Gasteiger partial charge in [0.05, 0.1) is 0 Å². The summed E-state index contributed by atoms with van der Waals surface area (Å²) < 4.78 is 0. The molecule has 0 fully saturated rings. The zero-order valence-corrected chi connectivity index (χ0v) is 7.99. The van der Waals surface area contributed by atoms with Crippen LogP contribution in [0.4, 0.5) is 5.82 Å². The van der Waals surface area contributed by atoms with Gasteiger partial charge in [-0.1, -0.05) is 19.1 Å². The molecule has 0 amide bonds. The molecule has 1 heterocycles. The Morgan fingerprint density at radius 1 is 1.43 bits per heavy atom. The Balaban J connectivity index is 2.79. The number of benzene rings is 1. The lowest BCUT2D eigenvalue weighted by Gasteiger charge is -2.05. The van der Waals surface area contributed by atoms with Crippen molar-refractivity contribution in [3.8, 4) is 5.75 Å². The minimum Gasteiger partial charge on any atom is -0.506 e. The summed E-state index contributed by atoms with van der Waals surface area (Å²) in [6.07, 6.45) is 0.852. The summed E-state index contributed by atoms with van der Waals surface area (Å²) in [5.41, 5.74) is 7.33. The van der Waals surface area contributed by atoms with Crippen LogP contribution in [0.25, 0.3) is 10.9 Å². The standard InChI is InChI=1S/C11H12N2O/c1-2-7-6-8-4-3-5-9(14)10(8)13-11(7)12/h3-6,14H,2H2,1H3,(H2,12,13). The third-order valence-electron chi connectivity index (χ3n) is 2.32. The number of pyridine rings is 1. The summed E-state index contributed by atoms with van der Waals surface area (Å²) in [5.74, 6) is 0.679. The predicted octanol–water partition coefficient (Wildman–Crippen LogP) is 2.08. The van der Waals surface area contributed by atoms with Crippen molar-refractivity contribution < 1.29 is 5.11 Å². The molecule has 0 radical (unpaired) electrons. The lowest BCUT2D eigenvalue weighted by molar-refractivity contribution is 0.480. The maximum absolute atomic E-state index is 9.54. The van der Waals surface area contributed by atoms with E-state index in [1.807, 2.05) is 19.1 Å². The van der Waals surface area contributed by atoms with E-state index < -0.39 is 0 Å². The molecule has 0 saturated carbocycles. The van der Waals surface area contributed by atoms with Gasteiger partial charge >= 0.3 is 0 Å². The van der Waals surface area contributed by atoms with Gasteiger partial charge in [-0.3, -0.25) is 0 Å². The molecule has 72 valence electrons. The van der Waals surface area contributed by atoms with Crippen LogP contribution >= 0.6 is 0 Å². The zero-order chi connectivity index (χ0) is 10.1. The minimum absolute atomic E-state index is 0.178. The van der Waals surface area contributed by atoms with Crippen LogP contribution in [0.5, 0.6) is 5.75 Å². The number of nitrogen functional groups attached to an aromatic ring is 1. The second kappa shape index (κ2) is 3.18. The van der Waals surface area contributed by atoms with Crippen LogP contribution in [0.15, 0.2) is 24.3 Å². The van der Waals surface area contributed by atoms with E-state index >= 15 is 0 Å². The Bertz CT molecular complexity index is 480. The molecular weight excluding hydrogens is 176 g/mol. The number of phenols is 1. The molecule has 0 bridgehead atoms. The molecule has 0 aliphatic rings. The molecule has 3 N–H and O–H groups in total. The van der Waals surface area contributed by atoms with Crippen LogP contribution in [0.2, 0.25) is 0 Å². The lowest BCUT2D eigenvalue weighted by Crippen LogP contribution is -1.97. The lowest BCUT2D eigenvalue weighted by atomic mass is 10.1. The van der Waals surface area contributed by atoms with Crippen LogP contribution in [-0.2, 0) is 6.42 Å². The number of anilines is 1. The van der Waals surface area contributed by atoms with E-state index in [2.05, 4.69) is 4.98 Å². The molecule has 3 nitrogen and oxygen atoms in total. The fourth-order valence-corrected chi connectivity index (χ4v) is 1.52. The van der Waals surface area contributed by atoms with E-state index in [0.717, 1.165) is 17.4 Å². The summed E-state index contributed by atoms with van der Waals surface area (Å²) in [6.45, 7) is 2.03. The number of hydrogen-bond acceptors (Lipinski definition) is 3. The summed E-state index contributed by atoms with van der Waals surface area (Å²) in [7, 11) is 0. The van der Waals surface area contributed by atoms with Crippen molar-refractivity contribution in [2.45, 2.75) is 13.3 Å². The van der Waals surface area contributed by atoms with Gasteiger partial charge in [-0.2, -0.15) is 0 Å². The van der Waals surface area contributed by atoms with Gasteiger partial charge in [0.25, 0.3) is 0 Å². The van der Waals surface area contributed by atoms with Gasteiger partial charge < -0.3 is 10.8 Å². The fraction of sp³-hybridized carbons (Fsp3) is 0.182. The molecule has 14 heavy (non-hydrogen) atoms. The number of hydrogen-bond donors (Lipinski definition) is 2. The maximum Gasteiger partial charge on any atom is 0.141 e. The van der Waals surface area contributed by atoms with E-state index in [4.69, 9.17) is 5.73 Å². The maximum atomic E-state index is 9.54. The second-order valence-electron chi connectivity index (χ2n) is 3.24. The first-order valence-corrected chi connectivity index (χ1v) is 4.59. The van der Waals surface area contributed by atoms with Gasteiger partial charge in [0.15, 0.2) is 0 Å². The van der Waals surface area contributed by atoms with Crippen LogP contribution in [0.3, 0.4) is 0 Å². The highest BCUT2D eigenvalue weighted by molar-refractivity contribution is 5.86. The van der Waals surface area contributed by atoms with Crippen molar-refractivity contribution in [2.75, 3.05) is 5.73 Å². The molecular formula is C11H12N2O. The Labute approximate surface area is 82.2 Å². The molecule has 0 aliphatic heterocycles. The Morgan fingerprint density at radius 2 is 2.21 bits per heavy atom. The van der Waals surface area contributed by atoms with E-state index in [1.165, 1.54) is 0 Å². The first kappa shape index (κ1) is 8.81. The second-order valence-corrected chi connectivity index (χ2v) is 3.24. The topological polar surface area (TPSA) is 59.1 Å². The molecule has 2 rings (SSSR count). The molecule has 1 aromatic carbocycles. The SMILES string of the molecule is CCc1cc2cccc(O)c2nc1N. The number of nitrogens with two attached hydrogens (primary N) is 1. The summed E-state index contributed by atoms with van der Waals surface area (Å²) in [4.78, 5) is 4.17. The van der Waals surface area contributed by atoms with Crippen LogP contribution in [0.1, 0.15) is 12.5 Å². The number of rotatable bonds is 1. The Morgan fingerprint density at radius 3 is 2.93 bits per heavy atom. The largest absolute Gasteiger partial charge is 0.506 e. The van der Waals surface area contributed by atoms with E-state index in [9.17, 15) is 5.11 Å². The van der Waals surface area contributed by atoms with Crippen molar-refractivity contribution in [3.05, 3.63) is 29.8 Å². The number of fused-ring (bicyclic) bond motifs is 1. The number of aryl methyl sites for hydroxylation is 1. The third-order valence-corrected chi connectivity index (χ3v) is 2.32. The van der Waals surface area contributed by atoms with Crippen LogP contribution in [-0.4, -0.2) is 10.1 Å². The van der Waals surface area contributed by atoms with Gasteiger partial charge in [-0.25, -0.2) is 4.98 Å². The van der Waals surface area contributed by atoms with Crippen LogP contribution < -0.4 is 5.73 Å². The van der Waals surface area contributed by atoms with Gasteiger partial charge in [-0.05, 0) is 24.1 Å². The van der Waals surface area contributed by atoms with E-state index in [-0.39, 0.29) is 5.75 Å². The highest BCUT2D eigenvalue weighted by atomic mass is 16.3. The van der Waals surface area contributed by atoms with Gasteiger partial charge in [-0.15, -0.1) is 0 Å². The molecule has 0 saturated heterocycles. The predicted molar refractivity (Wildman–Crippen MR) is 57.2 cm³/mol. The normalized spacial score (nSPS) is 10.6. The molecule has 0 spiro atoms. The first-order valence-electron chi connectivity index (χ1n) is 4.59. The van der Waals surface area contributed by atoms with Crippen molar-refractivity contribution in [1.29, 1.82) is 0 Å². The molecule has 3 heteroatoms.